The van der Waals surface area contributed by atoms with Crippen molar-refractivity contribution in [2.45, 2.75) is 6.92 Å². The van der Waals surface area contributed by atoms with Gasteiger partial charge in [0.1, 0.15) is 0 Å². The van der Waals surface area contributed by atoms with Crippen molar-refractivity contribution in [3.63, 3.8) is 0 Å². The van der Waals surface area contributed by atoms with E-state index in [1.54, 1.807) is 0 Å². The van der Waals surface area contributed by atoms with Crippen molar-refractivity contribution in [3.8, 4) is 0 Å². The van der Waals surface area contributed by atoms with Crippen LogP contribution in [0.1, 0.15) is 6.92 Å². The zero-order valence-corrected chi connectivity index (χ0v) is 3.80. The molecular formula is C2H7ClN2. The van der Waals surface area contributed by atoms with Gasteiger partial charge in [-0.15, -0.1) is 12.4 Å². The maximum atomic E-state index is 6.28. The first-order valence-electron chi connectivity index (χ1n) is 1.04. The number of amidine groups is 1. The molecule has 0 aromatic rings. The maximum absolute atomic E-state index is 6.28. The first-order chi connectivity index (χ1) is 1.73. The zero-order chi connectivity index (χ0) is 3.58. The summed E-state index contributed by atoms with van der Waals surface area (Å²) < 4.78 is 0. The summed E-state index contributed by atoms with van der Waals surface area (Å²) in [5.74, 6) is 0.167. The van der Waals surface area contributed by atoms with Gasteiger partial charge in [-0.2, -0.15) is 0 Å². The molecule has 0 aliphatic rings. The molecule has 0 fully saturated rings. The van der Waals surface area contributed by atoms with E-state index < -0.39 is 0 Å². The number of hydrogen-bond donors (Lipinski definition) is 2. The fourth-order valence-corrected chi connectivity index (χ4v) is 0. The highest BCUT2D eigenvalue weighted by molar-refractivity contribution is 5.85. The Hall–Kier alpha value is -0.240. The minimum Gasteiger partial charge on any atom is -0.388 e. The highest BCUT2D eigenvalue weighted by Crippen LogP contribution is 1.36. The van der Waals surface area contributed by atoms with Crippen LogP contribution in [0, 0.1) is 5.41 Å². The second-order valence-electron chi connectivity index (χ2n) is 0.683. The second-order valence-corrected chi connectivity index (χ2v) is 0.683. The van der Waals surface area contributed by atoms with Crippen LogP contribution in [0.25, 0.3) is 0 Å². The predicted octanol–water partition coefficient (Wildman–Crippen LogP) is 0.364. The van der Waals surface area contributed by atoms with Crippen molar-refractivity contribution in [1.82, 2.24) is 0 Å². The van der Waals surface area contributed by atoms with Gasteiger partial charge in [0.2, 0.25) is 0 Å². The molecule has 2 nitrogen and oxygen atoms in total. The van der Waals surface area contributed by atoms with Gasteiger partial charge in [-0.3, -0.25) is 5.41 Å². The lowest BCUT2D eigenvalue weighted by atomic mass is 11.5. The molecule has 0 amide bonds. The maximum Gasteiger partial charge on any atom is 0.0873 e. The van der Waals surface area contributed by atoms with Gasteiger partial charge >= 0.3 is 0 Å². The lowest BCUT2D eigenvalue weighted by Crippen LogP contribution is -2.00. The van der Waals surface area contributed by atoms with Crippen LogP contribution < -0.4 is 5.73 Å². The third-order valence-electron chi connectivity index (χ3n) is 0. The van der Waals surface area contributed by atoms with Crippen molar-refractivity contribution >= 4 is 18.2 Å². The normalized spacial score (nSPS) is 5.00. The molecule has 0 saturated carbocycles. The van der Waals surface area contributed by atoms with Crippen LogP contribution in [0.2, 0.25) is 0 Å². The van der Waals surface area contributed by atoms with Crippen LogP contribution in [-0.4, -0.2) is 5.84 Å². The van der Waals surface area contributed by atoms with Crippen LogP contribution in [-0.2, 0) is 0 Å². The van der Waals surface area contributed by atoms with Gasteiger partial charge in [0, 0.05) is 0 Å². The van der Waals surface area contributed by atoms with Crippen LogP contribution in [0.15, 0.2) is 0 Å². The summed E-state index contributed by atoms with van der Waals surface area (Å²) in [6.07, 6.45) is 0. The fourth-order valence-electron chi connectivity index (χ4n) is 0. The summed E-state index contributed by atoms with van der Waals surface area (Å²) in [6.45, 7) is 1.53. The van der Waals surface area contributed by atoms with Crippen molar-refractivity contribution in [2.75, 3.05) is 0 Å². The smallest absolute Gasteiger partial charge is 0.0873 e. The molecular weight excluding hydrogens is 89.5 g/mol. The second kappa shape index (κ2) is 3.76. The first kappa shape index (κ1) is 8.83. The molecule has 0 unspecified atom stereocenters. The topological polar surface area (TPSA) is 49.9 Å². The van der Waals surface area contributed by atoms with Gasteiger partial charge in [-0.1, -0.05) is 0 Å². The van der Waals surface area contributed by atoms with E-state index in [2.05, 4.69) is 0 Å². The molecule has 0 aliphatic heterocycles. The number of halogens is 1. The van der Waals surface area contributed by atoms with Crippen molar-refractivity contribution in [1.29, 1.82) is 5.41 Å². The SMILES string of the molecule is C[14C](=N)N.Cl. The average molecular weight is 96.5 g/mol. The van der Waals surface area contributed by atoms with Gasteiger partial charge in [0.25, 0.3) is 0 Å². The monoisotopic (exact) mass is 96.0 g/mol. The Morgan fingerprint density at radius 2 is 1.80 bits per heavy atom. The van der Waals surface area contributed by atoms with Gasteiger partial charge < -0.3 is 5.73 Å². The lowest BCUT2D eigenvalue weighted by molar-refractivity contribution is 1.42. The van der Waals surface area contributed by atoms with E-state index in [0.29, 0.717) is 0 Å². The Labute approximate surface area is 37.3 Å². The summed E-state index contributed by atoms with van der Waals surface area (Å²) >= 11 is 0. The standard InChI is InChI=1S/C2H6N2.ClH/c1-2(3)4;/h1H3,(H3,3,4);1H/i2+2;. The number of rotatable bonds is 0. The van der Waals surface area contributed by atoms with Crippen molar-refractivity contribution in [3.05, 3.63) is 0 Å². The highest BCUT2D eigenvalue weighted by atomic mass is 35.5. The molecule has 0 aliphatic carbocycles. The van der Waals surface area contributed by atoms with E-state index in [9.17, 15) is 0 Å². The molecule has 5 heavy (non-hydrogen) atoms. The number of nitrogens with one attached hydrogen (secondary N) is 1. The zero-order valence-electron chi connectivity index (χ0n) is 2.99. The third-order valence-corrected chi connectivity index (χ3v) is 0. The Morgan fingerprint density at radius 3 is 1.80 bits per heavy atom. The fraction of sp³-hybridized carbons (Fsp3) is 0.500. The van der Waals surface area contributed by atoms with Gasteiger partial charge in [-0.05, 0) is 6.92 Å². The third kappa shape index (κ3) is 202. The molecule has 0 saturated heterocycles. The average Bonchev–Trinajstić information content (AvgIpc) is 0.811. The molecule has 0 aromatic carbocycles. The molecule has 0 spiro atoms. The first-order valence-corrected chi connectivity index (χ1v) is 1.04. The molecule has 0 aromatic heterocycles. The number of nitrogens with two attached hydrogens (primary N) is 1. The quantitative estimate of drug-likeness (QED) is 0.332. The van der Waals surface area contributed by atoms with E-state index in [4.69, 9.17) is 11.1 Å². The van der Waals surface area contributed by atoms with Crippen LogP contribution >= 0.6 is 12.4 Å². The summed E-state index contributed by atoms with van der Waals surface area (Å²) in [6, 6.07) is 0. The summed E-state index contributed by atoms with van der Waals surface area (Å²) in [5.41, 5.74) is 4.69. The molecule has 32 valence electrons. The van der Waals surface area contributed by atoms with Gasteiger partial charge in [0.05, 0.1) is 5.84 Å². The van der Waals surface area contributed by atoms with E-state index in [1.165, 1.54) is 6.92 Å². The van der Waals surface area contributed by atoms with E-state index in [-0.39, 0.29) is 18.2 Å². The molecule has 0 radical (unpaired) electrons. The molecule has 3 N–H and O–H groups in total. The summed E-state index contributed by atoms with van der Waals surface area (Å²) in [7, 11) is 0. The summed E-state index contributed by atoms with van der Waals surface area (Å²) in [4.78, 5) is 0. The number of hydrogen-bond acceptors (Lipinski definition) is 1. The minimum absolute atomic E-state index is 0. The van der Waals surface area contributed by atoms with Gasteiger partial charge in [0.15, 0.2) is 0 Å². The Kier molecular flexibility index (Phi) is 6.64. The van der Waals surface area contributed by atoms with Gasteiger partial charge in [-0.25, -0.2) is 0 Å². The largest absolute Gasteiger partial charge is 0.388 e. The van der Waals surface area contributed by atoms with E-state index in [0.717, 1.165) is 0 Å². The van der Waals surface area contributed by atoms with Crippen LogP contribution in [0.4, 0.5) is 0 Å². The van der Waals surface area contributed by atoms with Crippen molar-refractivity contribution < 1.29 is 0 Å². The van der Waals surface area contributed by atoms with E-state index in [1.807, 2.05) is 0 Å². The van der Waals surface area contributed by atoms with Crippen LogP contribution in [0.3, 0.4) is 0 Å². The molecule has 0 heterocycles. The molecule has 0 bridgehead atoms. The Bertz CT molecular complexity index is 30.6. The molecule has 3 heteroatoms. The molecule has 0 rings (SSSR count). The lowest BCUT2D eigenvalue weighted by Gasteiger charge is -1.66. The Balaban J connectivity index is 0. The highest BCUT2D eigenvalue weighted by Gasteiger charge is 1.53. The van der Waals surface area contributed by atoms with E-state index >= 15 is 0 Å². The van der Waals surface area contributed by atoms with Crippen molar-refractivity contribution in [2.24, 2.45) is 5.73 Å². The summed E-state index contributed by atoms with van der Waals surface area (Å²) in [5, 5.41) is 6.28. The Morgan fingerprint density at radius 1 is 1.80 bits per heavy atom. The predicted molar refractivity (Wildman–Crippen MR) is 24.8 cm³/mol. The van der Waals surface area contributed by atoms with Crippen LogP contribution in [0.5, 0.6) is 0 Å². The molecule has 0 atom stereocenters. The minimum atomic E-state index is 0.